The summed E-state index contributed by atoms with van der Waals surface area (Å²) in [4.78, 5) is 22.6. The number of rotatable bonds is 7. The first kappa shape index (κ1) is 23.1. The van der Waals surface area contributed by atoms with E-state index in [1.807, 2.05) is 11.9 Å². The Morgan fingerprint density at radius 3 is 2.09 bits per heavy atom. The van der Waals surface area contributed by atoms with Crippen molar-refractivity contribution in [3.05, 3.63) is 93.9 Å². The van der Waals surface area contributed by atoms with Crippen molar-refractivity contribution in [2.75, 3.05) is 38.1 Å². The summed E-state index contributed by atoms with van der Waals surface area (Å²) < 4.78 is 27.1. The number of aromatic amines is 1. The Labute approximate surface area is 191 Å². The molecule has 3 aromatic rings. The Bertz CT molecular complexity index is 1060. The molecule has 1 aliphatic rings. The molecule has 33 heavy (non-hydrogen) atoms. The average molecular weight is 455 g/mol. The lowest BCUT2D eigenvalue weighted by Gasteiger charge is -2.42. The SMILES string of the molecule is CN(CCN1CCC(C(O)(c2ccc(F)cc2)c2ccc(F)cc2)CC1)c1nccc(=O)[nH]1. The topological polar surface area (TPSA) is 72.5 Å². The van der Waals surface area contributed by atoms with Crippen LogP contribution in [-0.2, 0) is 5.60 Å². The predicted molar refractivity (Wildman–Crippen MR) is 123 cm³/mol. The monoisotopic (exact) mass is 454 g/mol. The molecule has 174 valence electrons. The fourth-order valence-electron chi connectivity index (χ4n) is 4.57. The summed E-state index contributed by atoms with van der Waals surface area (Å²) in [5, 5.41) is 11.9. The van der Waals surface area contributed by atoms with Gasteiger partial charge >= 0.3 is 0 Å². The van der Waals surface area contributed by atoms with Gasteiger partial charge in [-0.1, -0.05) is 24.3 Å². The number of aromatic nitrogens is 2. The molecule has 2 N–H and O–H groups in total. The molecule has 0 atom stereocenters. The van der Waals surface area contributed by atoms with Crippen LogP contribution >= 0.6 is 0 Å². The number of piperidine rings is 1. The highest BCUT2D eigenvalue weighted by atomic mass is 19.1. The van der Waals surface area contributed by atoms with Crippen molar-refractivity contribution in [2.24, 2.45) is 5.92 Å². The van der Waals surface area contributed by atoms with E-state index in [4.69, 9.17) is 0 Å². The Hall–Kier alpha value is -3.10. The highest BCUT2D eigenvalue weighted by Crippen LogP contribution is 2.42. The number of benzene rings is 2. The summed E-state index contributed by atoms with van der Waals surface area (Å²) in [7, 11) is 1.88. The van der Waals surface area contributed by atoms with Crippen LogP contribution < -0.4 is 10.5 Å². The normalized spacial score (nSPS) is 15.5. The number of likely N-dealkylation sites (N-methyl/N-ethyl adjacent to an activating group) is 1. The summed E-state index contributed by atoms with van der Waals surface area (Å²) in [6, 6.07) is 13.2. The van der Waals surface area contributed by atoms with Gasteiger partial charge in [0.2, 0.25) is 5.95 Å². The van der Waals surface area contributed by atoms with E-state index >= 15 is 0 Å². The number of nitrogens with zero attached hydrogens (tertiary/aromatic N) is 3. The number of hydrogen-bond donors (Lipinski definition) is 2. The Morgan fingerprint density at radius 2 is 1.58 bits per heavy atom. The molecule has 0 unspecified atom stereocenters. The van der Waals surface area contributed by atoms with Crippen LogP contribution in [0.2, 0.25) is 0 Å². The van der Waals surface area contributed by atoms with Gasteiger partial charge in [-0.05, 0) is 67.2 Å². The number of H-pyrrole nitrogens is 1. The molecule has 0 aliphatic carbocycles. The van der Waals surface area contributed by atoms with Gasteiger partial charge in [-0.15, -0.1) is 0 Å². The maximum atomic E-state index is 13.6. The second-order valence-electron chi connectivity index (χ2n) is 8.58. The van der Waals surface area contributed by atoms with Crippen LogP contribution in [0.5, 0.6) is 0 Å². The van der Waals surface area contributed by atoms with E-state index in [1.54, 1.807) is 24.3 Å². The van der Waals surface area contributed by atoms with Gasteiger partial charge in [0.15, 0.2) is 0 Å². The van der Waals surface area contributed by atoms with E-state index in [1.165, 1.54) is 36.5 Å². The molecule has 8 heteroatoms. The van der Waals surface area contributed by atoms with Crippen LogP contribution in [-0.4, -0.2) is 53.2 Å². The fraction of sp³-hybridized carbons (Fsp3) is 0.360. The van der Waals surface area contributed by atoms with Crippen LogP contribution in [0.4, 0.5) is 14.7 Å². The second kappa shape index (κ2) is 9.80. The first-order valence-electron chi connectivity index (χ1n) is 11.1. The van der Waals surface area contributed by atoms with Crippen molar-refractivity contribution < 1.29 is 13.9 Å². The lowest BCUT2D eigenvalue weighted by Crippen LogP contribution is -2.46. The van der Waals surface area contributed by atoms with E-state index in [0.717, 1.165) is 32.5 Å². The molecule has 0 bridgehead atoms. The van der Waals surface area contributed by atoms with Gasteiger partial charge in [0.1, 0.15) is 17.2 Å². The molecule has 2 aromatic carbocycles. The van der Waals surface area contributed by atoms with Crippen LogP contribution in [0.15, 0.2) is 65.6 Å². The van der Waals surface area contributed by atoms with Crippen molar-refractivity contribution in [1.82, 2.24) is 14.9 Å². The number of anilines is 1. The lowest BCUT2D eigenvalue weighted by atomic mass is 9.72. The zero-order chi connectivity index (χ0) is 23.4. The standard InChI is InChI=1S/C25H28F2N4O2/c1-30(24-28-13-10-23(32)29-24)16-17-31-14-11-20(12-15-31)25(33,18-2-6-21(26)7-3-18)19-4-8-22(27)9-5-19/h2-10,13,20,33H,11-12,14-17H2,1H3,(H,28,29,32). The largest absolute Gasteiger partial charge is 0.380 e. The third kappa shape index (κ3) is 5.12. The Morgan fingerprint density at radius 1 is 1.03 bits per heavy atom. The minimum absolute atomic E-state index is 0.102. The van der Waals surface area contributed by atoms with Crippen LogP contribution in [0.3, 0.4) is 0 Å². The number of halogens is 2. The lowest BCUT2D eigenvalue weighted by molar-refractivity contribution is -0.0138. The number of likely N-dealkylation sites (tertiary alicyclic amines) is 1. The maximum absolute atomic E-state index is 13.6. The number of hydrogen-bond acceptors (Lipinski definition) is 5. The van der Waals surface area contributed by atoms with E-state index in [0.29, 0.717) is 23.6 Å². The van der Waals surface area contributed by atoms with Crippen LogP contribution in [0.25, 0.3) is 0 Å². The molecule has 0 amide bonds. The molecule has 4 rings (SSSR count). The third-order valence-electron chi connectivity index (χ3n) is 6.52. The zero-order valence-corrected chi connectivity index (χ0v) is 18.5. The highest BCUT2D eigenvalue weighted by Gasteiger charge is 2.41. The third-order valence-corrected chi connectivity index (χ3v) is 6.52. The van der Waals surface area contributed by atoms with Crippen molar-refractivity contribution in [3.8, 4) is 0 Å². The molecule has 6 nitrogen and oxygen atoms in total. The Balaban J connectivity index is 1.45. The summed E-state index contributed by atoms with van der Waals surface area (Å²) in [6.07, 6.45) is 2.95. The molecule has 1 saturated heterocycles. The molecule has 1 fully saturated rings. The first-order chi connectivity index (χ1) is 15.9. The summed E-state index contributed by atoms with van der Waals surface area (Å²) >= 11 is 0. The summed E-state index contributed by atoms with van der Waals surface area (Å²) in [5.74, 6) is -0.310. The number of aliphatic hydroxyl groups is 1. The highest BCUT2D eigenvalue weighted by molar-refractivity contribution is 5.37. The Kier molecular flexibility index (Phi) is 6.85. The molecular weight excluding hydrogens is 426 g/mol. The van der Waals surface area contributed by atoms with Gasteiger partial charge in [-0.25, -0.2) is 13.8 Å². The fourth-order valence-corrected chi connectivity index (χ4v) is 4.57. The minimum Gasteiger partial charge on any atom is -0.380 e. The van der Waals surface area contributed by atoms with Gasteiger partial charge < -0.3 is 14.9 Å². The molecule has 2 heterocycles. The molecular formula is C25H28F2N4O2. The van der Waals surface area contributed by atoms with E-state index in [2.05, 4.69) is 14.9 Å². The van der Waals surface area contributed by atoms with Crippen molar-refractivity contribution in [2.45, 2.75) is 18.4 Å². The van der Waals surface area contributed by atoms with E-state index < -0.39 is 5.60 Å². The summed E-state index contributed by atoms with van der Waals surface area (Å²) in [5.41, 5.74) is -0.313. The van der Waals surface area contributed by atoms with Crippen molar-refractivity contribution in [3.63, 3.8) is 0 Å². The average Bonchev–Trinajstić information content (AvgIpc) is 2.83. The maximum Gasteiger partial charge on any atom is 0.252 e. The van der Waals surface area contributed by atoms with E-state index in [-0.39, 0.29) is 23.1 Å². The van der Waals surface area contributed by atoms with Gasteiger partial charge in [-0.3, -0.25) is 9.78 Å². The summed E-state index contributed by atoms with van der Waals surface area (Å²) in [6.45, 7) is 3.04. The van der Waals surface area contributed by atoms with Gasteiger partial charge in [0.05, 0.1) is 0 Å². The smallest absolute Gasteiger partial charge is 0.252 e. The molecule has 1 aliphatic heterocycles. The van der Waals surface area contributed by atoms with Crippen LogP contribution in [0, 0.1) is 17.6 Å². The first-order valence-corrected chi connectivity index (χ1v) is 11.1. The van der Waals surface area contributed by atoms with Crippen molar-refractivity contribution >= 4 is 5.95 Å². The molecule has 0 saturated carbocycles. The van der Waals surface area contributed by atoms with Crippen LogP contribution in [0.1, 0.15) is 24.0 Å². The molecule has 0 radical (unpaired) electrons. The zero-order valence-electron chi connectivity index (χ0n) is 18.5. The quantitative estimate of drug-likeness (QED) is 0.574. The second-order valence-corrected chi connectivity index (χ2v) is 8.58. The predicted octanol–water partition coefficient (Wildman–Crippen LogP) is 3.13. The van der Waals surface area contributed by atoms with Gasteiger partial charge in [0.25, 0.3) is 5.56 Å². The molecule has 0 spiro atoms. The van der Waals surface area contributed by atoms with E-state index in [9.17, 15) is 18.7 Å². The minimum atomic E-state index is -1.34. The van der Waals surface area contributed by atoms with Gasteiger partial charge in [0, 0.05) is 32.4 Å². The number of nitrogens with one attached hydrogen (secondary N) is 1. The van der Waals surface area contributed by atoms with Gasteiger partial charge in [-0.2, -0.15) is 0 Å². The molecule has 1 aromatic heterocycles. The van der Waals surface area contributed by atoms with Crippen molar-refractivity contribution in [1.29, 1.82) is 0 Å².